The van der Waals surface area contributed by atoms with Crippen molar-refractivity contribution in [2.45, 2.75) is 13.0 Å². The Kier molecular flexibility index (Phi) is 4.62. The van der Waals surface area contributed by atoms with Gasteiger partial charge in [0.25, 0.3) is 0 Å². The van der Waals surface area contributed by atoms with Crippen LogP contribution in [0.4, 0.5) is 0 Å². The molecule has 4 nitrogen and oxygen atoms in total. The highest BCUT2D eigenvalue weighted by molar-refractivity contribution is 5.78. The Bertz CT molecular complexity index is 206. The zero-order valence-corrected chi connectivity index (χ0v) is 8.66. The van der Waals surface area contributed by atoms with Crippen molar-refractivity contribution in [3.05, 3.63) is 12.7 Å². The highest BCUT2D eigenvalue weighted by Gasteiger charge is 2.20. The molecule has 0 aromatic heterocycles. The molecule has 0 spiro atoms. The van der Waals surface area contributed by atoms with Crippen LogP contribution in [0.2, 0.25) is 0 Å². The van der Waals surface area contributed by atoms with Gasteiger partial charge in [-0.1, -0.05) is 6.08 Å². The van der Waals surface area contributed by atoms with Gasteiger partial charge in [0, 0.05) is 19.6 Å². The molecule has 1 aliphatic rings. The first-order valence-electron chi connectivity index (χ1n) is 4.95. The molecule has 1 N–H and O–H groups in total. The number of nitrogens with one attached hydrogen (secondary N) is 1. The van der Waals surface area contributed by atoms with Crippen molar-refractivity contribution < 1.29 is 9.53 Å². The molecule has 0 bridgehead atoms. The first kappa shape index (κ1) is 11.2. The largest absolute Gasteiger partial charge is 0.375 e. The number of carbonyl (C=O) groups is 1. The van der Waals surface area contributed by atoms with Crippen molar-refractivity contribution in [2.75, 3.05) is 32.8 Å². The molecule has 0 aromatic rings. The molecule has 1 atom stereocenters. The van der Waals surface area contributed by atoms with Crippen molar-refractivity contribution >= 4 is 5.91 Å². The highest BCUT2D eigenvalue weighted by Crippen LogP contribution is 2.03. The van der Waals surface area contributed by atoms with Crippen molar-refractivity contribution in [2.24, 2.45) is 0 Å². The first-order valence-corrected chi connectivity index (χ1v) is 4.95. The summed E-state index contributed by atoms with van der Waals surface area (Å²) in [5, 5.41) is 3.00. The summed E-state index contributed by atoms with van der Waals surface area (Å²) in [6, 6.07) is 0. The van der Waals surface area contributed by atoms with Gasteiger partial charge in [0.1, 0.15) is 0 Å². The number of rotatable bonds is 4. The van der Waals surface area contributed by atoms with Gasteiger partial charge in [0.05, 0.1) is 19.3 Å². The summed E-state index contributed by atoms with van der Waals surface area (Å²) in [7, 11) is 0. The minimum Gasteiger partial charge on any atom is -0.375 e. The second kappa shape index (κ2) is 5.78. The third-order valence-electron chi connectivity index (χ3n) is 2.16. The number of ether oxygens (including phenoxy) is 1. The molecule has 4 heteroatoms. The van der Waals surface area contributed by atoms with Crippen LogP contribution in [-0.2, 0) is 9.53 Å². The van der Waals surface area contributed by atoms with Crippen LogP contribution in [0.5, 0.6) is 0 Å². The van der Waals surface area contributed by atoms with Crippen LogP contribution >= 0.6 is 0 Å². The monoisotopic (exact) mass is 198 g/mol. The summed E-state index contributed by atoms with van der Waals surface area (Å²) < 4.78 is 5.35. The average Bonchev–Trinajstić information content (AvgIpc) is 2.18. The smallest absolute Gasteiger partial charge is 0.236 e. The Morgan fingerprint density at radius 2 is 2.57 bits per heavy atom. The number of carbonyl (C=O) groups excluding carboxylic acids is 1. The fourth-order valence-electron chi connectivity index (χ4n) is 1.44. The molecule has 1 fully saturated rings. The van der Waals surface area contributed by atoms with E-state index in [1.807, 2.05) is 11.8 Å². The third kappa shape index (κ3) is 3.47. The molecule has 0 saturated carbocycles. The minimum atomic E-state index is 0.141. The molecular weight excluding hydrogens is 180 g/mol. The Hall–Kier alpha value is -0.870. The van der Waals surface area contributed by atoms with Crippen molar-refractivity contribution in [3.8, 4) is 0 Å². The van der Waals surface area contributed by atoms with Gasteiger partial charge in [0.2, 0.25) is 5.91 Å². The van der Waals surface area contributed by atoms with E-state index in [4.69, 9.17) is 4.74 Å². The van der Waals surface area contributed by atoms with Crippen LogP contribution in [-0.4, -0.2) is 49.7 Å². The van der Waals surface area contributed by atoms with E-state index < -0.39 is 0 Å². The predicted octanol–water partition coefficient (Wildman–Crippen LogP) is 0.00930. The van der Waals surface area contributed by atoms with Crippen LogP contribution < -0.4 is 5.32 Å². The number of hydrogen-bond acceptors (Lipinski definition) is 3. The standard InChI is InChI=1S/C10H18N2O2/c1-3-4-11-7-10(13)12-5-6-14-9(2)8-12/h3,9,11H,1,4-8H2,2H3. The lowest BCUT2D eigenvalue weighted by Gasteiger charge is -2.31. The van der Waals surface area contributed by atoms with Gasteiger partial charge in [-0.2, -0.15) is 0 Å². The molecule has 14 heavy (non-hydrogen) atoms. The van der Waals surface area contributed by atoms with Gasteiger partial charge >= 0.3 is 0 Å². The van der Waals surface area contributed by atoms with E-state index >= 15 is 0 Å². The Morgan fingerprint density at radius 3 is 3.21 bits per heavy atom. The molecule has 0 aliphatic carbocycles. The Balaban J connectivity index is 2.25. The quantitative estimate of drug-likeness (QED) is 0.511. The topological polar surface area (TPSA) is 41.6 Å². The maximum absolute atomic E-state index is 11.6. The molecule has 0 aromatic carbocycles. The van der Waals surface area contributed by atoms with E-state index in [1.165, 1.54) is 0 Å². The van der Waals surface area contributed by atoms with E-state index in [-0.39, 0.29) is 12.0 Å². The van der Waals surface area contributed by atoms with Crippen LogP contribution in [0.25, 0.3) is 0 Å². The van der Waals surface area contributed by atoms with Crippen LogP contribution in [0.1, 0.15) is 6.92 Å². The lowest BCUT2D eigenvalue weighted by molar-refractivity contribution is -0.137. The molecular formula is C10H18N2O2. The summed E-state index contributed by atoms with van der Waals surface area (Å²) in [5.74, 6) is 0.141. The molecule has 0 radical (unpaired) electrons. The molecule has 1 amide bonds. The lowest BCUT2D eigenvalue weighted by atomic mass is 10.3. The molecule has 1 saturated heterocycles. The molecule has 80 valence electrons. The lowest BCUT2D eigenvalue weighted by Crippen LogP contribution is -2.47. The Labute approximate surface area is 84.9 Å². The number of hydrogen-bond donors (Lipinski definition) is 1. The van der Waals surface area contributed by atoms with Gasteiger partial charge < -0.3 is 15.0 Å². The second-order valence-corrected chi connectivity index (χ2v) is 3.44. The van der Waals surface area contributed by atoms with E-state index in [1.54, 1.807) is 6.08 Å². The van der Waals surface area contributed by atoms with Crippen molar-refractivity contribution in [1.82, 2.24) is 10.2 Å². The molecule has 1 heterocycles. The van der Waals surface area contributed by atoms with Crippen molar-refractivity contribution in [1.29, 1.82) is 0 Å². The Morgan fingerprint density at radius 1 is 1.79 bits per heavy atom. The fourth-order valence-corrected chi connectivity index (χ4v) is 1.44. The van der Waals surface area contributed by atoms with Crippen LogP contribution in [0.15, 0.2) is 12.7 Å². The molecule has 1 unspecified atom stereocenters. The van der Waals surface area contributed by atoms with Gasteiger partial charge in [-0.05, 0) is 6.92 Å². The first-order chi connectivity index (χ1) is 6.74. The molecule has 1 rings (SSSR count). The van der Waals surface area contributed by atoms with Gasteiger partial charge in [-0.25, -0.2) is 0 Å². The summed E-state index contributed by atoms with van der Waals surface area (Å²) >= 11 is 0. The summed E-state index contributed by atoms with van der Waals surface area (Å²) in [6.07, 6.45) is 1.90. The van der Waals surface area contributed by atoms with Crippen LogP contribution in [0.3, 0.4) is 0 Å². The molecule has 1 aliphatic heterocycles. The fraction of sp³-hybridized carbons (Fsp3) is 0.700. The van der Waals surface area contributed by atoms with Gasteiger partial charge in [-0.3, -0.25) is 4.79 Å². The normalized spacial score (nSPS) is 22.1. The summed E-state index contributed by atoms with van der Waals surface area (Å²) in [5.41, 5.74) is 0. The number of amides is 1. The van der Waals surface area contributed by atoms with Gasteiger partial charge in [-0.15, -0.1) is 6.58 Å². The summed E-state index contributed by atoms with van der Waals surface area (Å²) in [4.78, 5) is 13.4. The SMILES string of the molecule is C=CCNCC(=O)N1CCOC(C)C1. The minimum absolute atomic E-state index is 0.141. The van der Waals surface area contributed by atoms with Crippen molar-refractivity contribution in [3.63, 3.8) is 0 Å². The maximum atomic E-state index is 11.6. The van der Waals surface area contributed by atoms with E-state index in [9.17, 15) is 4.79 Å². The zero-order valence-electron chi connectivity index (χ0n) is 8.66. The van der Waals surface area contributed by atoms with Crippen LogP contribution in [0, 0.1) is 0 Å². The summed E-state index contributed by atoms with van der Waals surface area (Å²) in [6.45, 7) is 8.67. The third-order valence-corrected chi connectivity index (χ3v) is 2.16. The number of nitrogens with zero attached hydrogens (tertiary/aromatic N) is 1. The number of morpholine rings is 1. The average molecular weight is 198 g/mol. The van der Waals surface area contributed by atoms with E-state index in [2.05, 4.69) is 11.9 Å². The highest BCUT2D eigenvalue weighted by atomic mass is 16.5. The maximum Gasteiger partial charge on any atom is 0.236 e. The zero-order chi connectivity index (χ0) is 10.4. The predicted molar refractivity (Wildman–Crippen MR) is 55.1 cm³/mol. The van der Waals surface area contributed by atoms with E-state index in [0.29, 0.717) is 32.8 Å². The second-order valence-electron chi connectivity index (χ2n) is 3.44. The van der Waals surface area contributed by atoms with Gasteiger partial charge in [0.15, 0.2) is 0 Å². The van der Waals surface area contributed by atoms with E-state index in [0.717, 1.165) is 0 Å².